The fourth-order valence-electron chi connectivity index (χ4n) is 2.18. The van der Waals surface area contributed by atoms with Gasteiger partial charge in [-0.05, 0) is 6.92 Å². The van der Waals surface area contributed by atoms with Crippen molar-refractivity contribution in [1.82, 2.24) is 29.1 Å². The largest absolute Gasteiger partial charge is 0.347 e. The lowest BCUT2D eigenvalue weighted by molar-refractivity contribution is 0.708. The second kappa shape index (κ2) is 4.62. The smallest absolute Gasteiger partial charge is 0.332 e. The Morgan fingerprint density at radius 3 is 2.71 bits per heavy atom. The molecule has 0 aliphatic heterocycles. The normalized spacial score (nSPS) is 12.7. The molecule has 0 spiro atoms. The molecule has 0 aliphatic rings. The van der Waals surface area contributed by atoms with Gasteiger partial charge in [-0.3, -0.25) is 13.9 Å². The molecular weight excluding hydrogens is 274 g/mol. The Balaban J connectivity index is 2.06. The lowest BCUT2D eigenvalue weighted by Gasteiger charge is -2.09. The van der Waals surface area contributed by atoms with Crippen LogP contribution in [0.4, 0.5) is 5.95 Å². The van der Waals surface area contributed by atoms with E-state index in [4.69, 9.17) is 0 Å². The number of imidazole rings is 2. The number of nitrogens with zero attached hydrogens (tertiary/aromatic N) is 4. The third kappa shape index (κ3) is 2.02. The summed E-state index contributed by atoms with van der Waals surface area (Å²) >= 11 is 0. The van der Waals surface area contributed by atoms with E-state index in [2.05, 4.69) is 25.3 Å². The van der Waals surface area contributed by atoms with Crippen LogP contribution in [0, 0.1) is 0 Å². The van der Waals surface area contributed by atoms with Crippen LogP contribution in [0.25, 0.3) is 11.2 Å². The predicted octanol–water partition coefficient (Wildman–Crippen LogP) is -0.143. The average molecular weight is 289 g/mol. The summed E-state index contributed by atoms with van der Waals surface area (Å²) in [5.74, 6) is 1.16. The zero-order valence-electron chi connectivity index (χ0n) is 11.8. The molecular formula is C12H15N7O2. The summed E-state index contributed by atoms with van der Waals surface area (Å²) in [6, 6.07) is -0.124. The van der Waals surface area contributed by atoms with Gasteiger partial charge in [-0.1, -0.05) is 0 Å². The maximum absolute atomic E-state index is 12.1. The van der Waals surface area contributed by atoms with Gasteiger partial charge in [0.25, 0.3) is 5.56 Å². The fourth-order valence-corrected chi connectivity index (χ4v) is 2.18. The predicted molar refractivity (Wildman–Crippen MR) is 77.2 cm³/mol. The molecule has 0 bridgehead atoms. The molecule has 0 aliphatic carbocycles. The molecule has 3 heterocycles. The standard InChI is InChI=1S/C12H15N7O2/c1-6(8-13-4-5-14-8)15-11-16-7-9(17-11)18(2)12(21)19(3)10(7)20/h4-6H,1-3H3,(H,13,14)(H2,15,16,17). The molecule has 1 unspecified atom stereocenters. The number of rotatable bonds is 3. The number of aryl methyl sites for hydroxylation is 1. The van der Waals surface area contributed by atoms with E-state index in [1.165, 1.54) is 11.6 Å². The first-order valence-electron chi connectivity index (χ1n) is 6.40. The molecule has 0 saturated carbocycles. The second-order valence-corrected chi connectivity index (χ2v) is 4.83. The number of H-pyrrole nitrogens is 2. The molecule has 21 heavy (non-hydrogen) atoms. The SMILES string of the molecule is CC(Nc1nc2c([nH]1)c(=O)n(C)c(=O)n2C)c1ncc[nH]1. The van der Waals surface area contributed by atoms with Crippen LogP contribution >= 0.6 is 0 Å². The molecule has 3 rings (SSSR count). The molecule has 0 fully saturated rings. The highest BCUT2D eigenvalue weighted by Crippen LogP contribution is 2.15. The Morgan fingerprint density at radius 1 is 1.29 bits per heavy atom. The van der Waals surface area contributed by atoms with Gasteiger partial charge in [-0.2, -0.15) is 4.98 Å². The van der Waals surface area contributed by atoms with Crippen LogP contribution in [0.15, 0.2) is 22.0 Å². The maximum atomic E-state index is 12.1. The summed E-state index contributed by atoms with van der Waals surface area (Å²) in [5.41, 5.74) is -0.213. The van der Waals surface area contributed by atoms with Crippen molar-refractivity contribution in [1.29, 1.82) is 0 Å². The first-order valence-corrected chi connectivity index (χ1v) is 6.40. The van der Waals surface area contributed by atoms with Crippen molar-refractivity contribution >= 4 is 17.1 Å². The molecule has 0 radical (unpaired) electrons. The summed E-state index contributed by atoms with van der Waals surface area (Å²) in [4.78, 5) is 38.2. The van der Waals surface area contributed by atoms with Crippen molar-refractivity contribution in [3.05, 3.63) is 39.1 Å². The van der Waals surface area contributed by atoms with Gasteiger partial charge in [0.05, 0.1) is 6.04 Å². The highest BCUT2D eigenvalue weighted by Gasteiger charge is 2.15. The van der Waals surface area contributed by atoms with E-state index in [1.54, 1.807) is 19.4 Å². The van der Waals surface area contributed by atoms with Gasteiger partial charge in [0.15, 0.2) is 11.2 Å². The van der Waals surface area contributed by atoms with E-state index in [0.29, 0.717) is 11.6 Å². The Morgan fingerprint density at radius 2 is 2.05 bits per heavy atom. The topological polar surface area (TPSA) is 113 Å². The van der Waals surface area contributed by atoms with Gasteiger partial charge in [0.2, 0.25) is 5.95 Å². The Hall–Kier alpha value is -2.84. The molecule has 3 aromatic rings. The highest BCUT2D eigenvalue weighted by atomic mass is 16.2. The Labute approximate surface area is 118 Å². The zero-order chi connectivity index (χ0) is 15.1. The Bertz CT molecular complexity index is 900. The lowest BCUT2D eigenvalue weighted by atomic mass is 10.3. The summed E-state index contributed by atoms with van der Waals surface area (Å²) < 4.78 is 2.37. The average Bonchev–Trinajstić information content (AvgIpc) is 3.12. The summed E-state index contributed by atoms with van der Waals surface area (Å²) in [6.45, 7) is 1.91. The van der Waals surface area contributed by atoms with E-state index >= 15 is 0 Å². The van der Waals surface area contributed by atoms with Crippen molar-refractivity contribution in [3.8, 4) is 0 Å². The fraction of sp³-hybridized carbons (Fsp3) is 0.333. The molecule has 9 heteroatoms. The quantitative estimate of drug-likeness (QED) is 0.621. The van der Waals surface area contributed by atoms with Crippen LogP contribution in [0.1, 0.15) is 18.8 Å². The molecule has 9 nitrogen and oxygen atoms in total. The van der Waals surface area contributed by atoms with Crippen molar-refractivity contribution in [2.75, 3.05) is 5.32 Å². The minimum absolute atomic E-state index is 0.124. The van der Waals surface area contributed by atoms with Crippen molar-refractivity contribution in [2.45, 2.75) is 13.0 Å². The minimum Gasteiger partial charge on any atom is -0.347 e. The molecule has 3 aromatic heterocycles. The van der Waals surface area contributed by atoms with Crippen LogP contribution in [-0.2, 0) is 14.1 Å². The first-order chi connectivity index (χ1) is 9.99. The summed E-state index contributed by atoms with van der Waals surface area (Å²) in [7, 11) is 3.01. The number of fused-ring (bicyclic) bond motifs is 1. The van der Waals surface area contributed by atoms with Gasteiger partial charge < -0.3 is 15.3 Å². The van der Waals surface area contributed by atoms with E-state index in [1.807, 2.05) is 6.92 Å². The maximum Gasteiger partial charge on any atom is 0.332 e. The zero-order valence-corrected chi connectivity index (χ0v) is 11.8. The molecule has 0 amide bonds. The monoisotopic (exact) mass is 289 g/mol. The van der Waals surface area contributed by atoms with Gasteiger partial charge in [-0.15, -0.1) is 0 Å². The summed E-state index contributed by atoms with van der Waals surface area (Å²) in [6.07, 6.45) is 3.39. The number of nitrogens with one attached hydrogen (secondary N) is 3. The minimum atomic E-state index is -0.412. The first kappa shape index (κ1) is 13.2. The number of hydrogen-bond acceptors (Lipinski definition) is 5. The van der Waals surface area contributed by atoms with Gasteiger partial charge in [0, 0.05) is 26.5 Å². The van der Waals surface area contributed by atoms with E-state index in [9.17, 15) is 9.59 Å². The highest BCUT2D eigenvalue weighted by molar-refractivity contribution is 5.72. The number of anilines is 1. The van der Waals surface area contributed by atoms with E-state index in [0.717, 1.165) is 10.4 Å². The van der Waals surface area contributed by atoms with Crippen LogP contribution in [-0.4, -0.2) is 29.1 Å². The van der Waals surface area contributed by atoms with E-state index in [-0.39, 0.29) is 11.6 Å². The third-order valence-electron chi connectivity index (χ3n) is 3.38. The van der Waals surface area contributed by atoms with Crippen LogP contribution < -0.4 is 16.6 Å². The van der Waals surface area contributed by atoms with Crippen molar-refractivity contribution in [3.63, 3.8) is 0 Å². The van der Waals surface area contributed by atoms with Crippen molar-refractivity contribution in [2.24, 2.45) is 14.1 Å². The number of aromatic amines is 2. The molecule has 1 atom stereocenters. The van der Waals surface area contributed by atoms with Crippen LogP contribution in [0.5, 0.6) is 0 Å². The lowest BCUT2D eigenvalue weighted by Crippen LogP contribution is -2.36. The van der Waals surface area contributed by atoms with Crippen LogP contribution in [0.2, 0.25) is 0 Å². The summed E-state index contributed by atoms with van der Waals surface area (Å²) in [5, 5.41) is 3.10. The molecule has 0 aromatic carbocycles. The van der Waals surface area contributed by atoms with Gasteiger partial charge in [0.1, 0.15) is 5.82 Å². The molecule has 3 N–H and O–H groups in total. The molecule has 110 valence electrons. The van der Waals surface area contributed by atoms with Gasteiger partial charge in [-0.25, -0.2) is 9.78 Å². The van der Waals surface area contributed by atoms with Crippen molar-refractivity contribution < 1.29 is 0 Å². The van der Waals surface area contributed by atoms with Gasteiger partial charge >= 0.3 is 5.69 Å². The third-order valence-corrected chi connectivity index (χ3v) is 3.38. The number of hydrogen-bond donors (Lipinski definition) is 3. The second-order valence-electron chi connectivity index (χ2n) is 4.83. The van der Waals surface area contributed by atoms with E-state index < -0.39 is 11.2 Å². The molecule has 0 saturated heterocycles. The number of aromatic nitrogens is 6. The van der Waals surface area contributed by atoms with Crippen LogP contribution in [0.3, 0.4) is 0 Å². The Kier molecular flexibility index (Phi) is 2.89.